The van der Waals surface area contributed by atoms with Gasteiger partial charge in [-0.3, -0.25) is 0 Å². The van der Waals surface area contributed by atoms with E-state index in [2.05, 4.69) is 13.8 Å². The largest absolute Gasteiger partial charge is 0.465 e. The second-order valence-corrected chi connectivity index (χ2v) is 5.30. The summed E-state index contributed by atoms with van der Waals surface area (Å²) in [6, 6.07) is 5.39. The van der Waals surface area contributed by atoms with Crippen LogP contribution < -0.4 is 5.73 Å². The molecule has 1 rings (SSSR count). The van der Waals surface area contributed by atoms with Gasteiger partial charge in [-0.25, -0.2) is 4.79 Å². The van der Waals surface area contributed by atoms with Gasteiger partial charge >= 0.3 is 5.97 Å². The molecule has 0 aliphatic carbocycles. The van der Waals surface area contributed by atoms with E-state index >= 15 is 0 Å². The number of nitrogen functional groups attached to an aromatic ring is 1. The predicted octanol–water partition coefficient (Wildman–Crippen LogP) is 3.79. The van der Waals surface area contributed by atoms with Crippen LogP contribution in [-0.2, 0) is 16.1 Å². The highest BCUT2D eigenvalue weighted by atomic mass is 16.5. The van der Waals surface area contributed by atoms with E-state index in [-0.39, 0.29) is 0 Å². The Hall–Kier alpha value is -1.55. The fourth-order valence-corrected chi connectivity index (χ4v) is 2.32. The average molecular weight is 293 g/mol. The molecule has 21 heavy (non-hydrogen) atoms. The molecule has 0 saturated heterocycles. The second-order valence-electron chi connectivity index (χ2n) is 5.30. The van der Waals surface area contributed by atoms with Crippen molar-refractivity contribution in [2.75, 3.05) is 19.5 Å². The minimum absolute atomic E-state index is 0.387. The summed E-state index contributed by atoms with van der Waals surface area (Å²) in [6.07, 6.45) is 4.74. The van der Waals surface area contributed by atoms with E-state index in [1.54, 1.807) is 6.07 Å². The first kappa shape index (κ1) is 17.5. The van der Waals surface area contributed by atoms with E-state index in [1.165, 1.54) is 26.4 Å². The Bertz CT molecular complexity index is 446. The van der Waals surface area contributed by atoms with Gasteiger partial charge in [-0.15, -0.1) is 0 Å². The Labute approximate surface area is 127 Å². The zero-order valence-corrected chi connectivity index (χ0v) is 13.4. The van der Waals surface area contributed by atoms with Crippen LogP contribution >= 0.6 is 0 Å². The van der Waals surface area contributed by atoms with Crippen LogP contribution in [0.5, 0.6) is 0 Å². The zero-order valence-electron chi connectivity index (χ0n) is 13.4. The fourth-order valence-electron chi connectivity index (χ4n) is 2.32. The summed E-state index contributed by atoms with van der Waals surface area (Å²) in [6.45, 7) is 5.48. The normalized spacial score (nSPS) is 12.1. The monoisotopic (exact) mass is 293 g/mol. The Morgan fingerprint density at radius 3 is 2.71 bits per heavy atom. The molecule has 0 heterocycles. The van der Waals surface area contributed by atoms with Crippen molar-refractivity contribution in [3.05, 3.63) is 29.3 Å². The summed E-state index contributed by atoms with van der Waals surface area (Å²) in [5, 5.41) is 0. The number of esters is 1. The molecule has 0 spiro atoms. The SMILES string of the molecule is CCCCC(CC)COCc1cccc(N)c1C(=O)OC. The number of hydrogen-bond donors (Lipinski definition) is 1. The van der Waals surface area contributed by atoms with E-state index in [0.717, 1.165) is 12.0 Å². The number of rotatable bonds is 9. The van der Waals surface area contributed by atoms with Gasteiger partial charge in [0, 0.05) is 12.3 Å². The number of methoxy groups -OCH3 is 1. The van der Waals surface area contributed by atoms with Crippen LogP contribution in [0.3, 0.4) is 0 Å². The van der Waals surface area contributed by atoms with Crippen molar-refractivity contribution in [2.24, 2.45) is 5.92 Å². The average Bonchev–Trinajstić information content (AvgIpc) is 2.50. The van der Waals surface area contributed by atoms with E-state index in [0.29, 0.717) is 30.4 Å². The highest BCUT2D eigenvalue weighted by molar-refractivity contribution is 5.96. The number of benzene rings is 1. The third kappa shape index (κ3) is 5.38. The first-order chi connectivity index (χ1) is 10.1. The summed E-state index contributed by atoms with van der Waals surface area (Å²) >= 11 is 0. The molecule has 0 saturated carbocycles. The van der Waals surface area contributed by atoms with Crippen LogP contribution in [0.4, 0.5) is 5.69 Å². The molecular weight excluding hydrogens is 266 g/mol. The Morgan fingerprint density at radius 1 is 1.33 bits per heavy atom. The van der Waals surface area contributed by atoms with Gasteiger partial charge in [-0.05, 0) is 24.0 Å². The highest BCUT2D eigenvalue weighted by Gasteiger charge is 2.15. The standard InChI is InChI=1S/C17H27NO3/c1-4-6-8-13(5-2)11-21-12-14-9-7-10-15(18)16(14)17(19)20-3/h7,9-10,13H,4-6,8,11-12,18H2,1-3H3. The Balaban J connectivity index is 2.63. The quantitative estimate of drug-likeness (QED) is 0.556. The molecule has 118 valence electrons. The van der Waals surface area contributed by atoms with Crippen molar-refractivity contribution in [1.29, 1.82) is 0 Å². The lowest BCUT2D eigenvalue weighted by Crippen LogP contribution is -2.13. The van der Waals surface area contributed by atoms with Crippen molar-refractivity contribution >= 4 is 11.7 Å². The summed E-state index contributed by atoms with van der Waals surface area (Å²) in [7, 11) is 1.36. The molecule has 1 aromatic carbocycles. The fraction of sp³-hybridized carbons (Fsp3) is 0.588. The minimum atomic E-state index is -0.412. The van der Waals surface area contributed by atoms with E-state index in [4.69, 9.17) is 15.2 Å². The van der Waals surface area contributed by atoms with Crippen LogP contribution in [0.15, 0.2) is 18.2 Å². The first-order valence-electron chi connectivity index (χ1n) is 7.67. The number of ether oxygens (including phenoxy) is 2. The molecule has 0 bridgehead atoms. The topological polar surface area (TPSA) is 61.5 Å². The lowest BCUT2D eigenvalue weighted by atomic mass is 10.0. The van der Waals surface area contributed by atoms with Gasteiger partial charge in [-0.2, -0.15) is 0 Å². The lowest BCUT2D eigenvalue weighted by molar-refractivity contribution is 0.0584. The molecule has 1 atom stereocenters. The first-order valence-corrected chi connectivity index (χ1v) is 7.67. The van der Waals surface area contributed by atoms with Crippen molar-refractivity contribution in [1.82, 2.24) is 0 Å². The van der Waals surface area contributed by atoms with Gasteiger partial charge in [0.15, 0.2) is 0 Å². The van der Waals surface area contributed by atoms with Crippen LogP contribution in [0, 0.1) is 5.92 Å². The van der Waals surface area contributed by atoms with Gasteiger partial charge < -0.3 is 15.2 Å². The molecule has 1 aromatic rings. The highest BCUT2D eigenvalue weighted by Crippen LogP contribution is 2.20. The van der Waals surface area contributed by atoms with Crippen molar-refractivity contribution in [2.45, 2.75) is 46.1 Å². The Kier molecular flexibility index (Phi) is 7.83. The maximum Gasteiger partial charge on any atom is 0.340 e. The predicted molar refractivity (Wildman–Crippen MR) is 85.2 cm³/mol. The maximum atomic E-state index is 11.8. The molecule has 0 radical (unpaired) electrons. The summed E-state index contributed by atoms with van der Waals surface area (Å²) in [5.41, 5.74) is 7.50. The van der Waals surface area contributed by atoms with E-state index < -0.39 is 5.97 Å². The number of hydrogen-bond acceptors (Lipinski definition) is 4. The third-order valence-corrected chi connectivity index (χ3v) is 3.73. The van der Waals surface area contributed by atoms with Crippen molar-refractivity contribution in [3.8, 4) is 0 Å². The van der Waals surface area contributed by atoms with E-state index in [9.17, 15) is 4.79 Å². The number of anilines is 1. The molecule has 4 nitrogen and oxygen atoms in total. The van der Waals surface area contributed by atoms with Gasteiger partial charge in [0.1, 0.15) is 0 Å². The molecule has 0 amide bonds. The summed E-state index contributed by atoms with van der Waals surface area (Å²) in [5.74, 6) is 0.164. The molecule has 0 aromatic heterocycles. The van der Waals surface area contributed by atoms with Crippen LogP contribution in [0.25, 0.3) is 0 Å². The van der Waals surface area contributed by atoms with Gasteiger partial charge in [-0.1, -0.05) is 45.2 Å². The van der Waals surface area contributed by atoms with Crippen LogP contribution in [-0.4, -0.2) is 19.7 Å². The molecule has 0 fully saturated rings. The van der Waals surface area contributed by atoms with Crippen LogP contribution in [0.2, 0.25) is 0 Å². The zero-order chi connectivity index (χ0) is 15.7. The minimum Gasteiger partial charge on any atom is -0.465 e. The number of carbonyl (C=O) groups excluding carboxylic acids is 1. The maximum absolute atomic E-state index is 11.8. The molecule has 1 unspecified atom stereocenters. The molecule has 4 heteroatoms. The molecule has 2 N–H and O–H groups in total. The molecule has 0 aliphatic rings. The van der Waals surface area contributed by atoms with Gasteiger partial charge in [0.2, 0.25) is 0 Å². The van der Waals surface area contributed by atoms with Gasteiger partial charge in [0.25, 0.3) is 0 Å². The second kappa shape index (κ2) is 9.40. The van der Waals surface area contributed by atoms with Crippen molar-refractivity contribution in [3.63, 3.8) is 0 Å². The third-order valence-electron chi connectivity index (χ3n) is 3.73. The molecule has 0 aliphatic heterocycles. The van der Waals surface area contributed by atoms with Crippen molar-refractivity contribution < 1.29 is 14.3 Å². The summed E-state index contributed by atoms with van der Waals surface area (Å²) in [4.78, 5) is 11.8. The Morgan fingerprint density at radius 2 is 2.10 bits per heavy atom. The van der Waals surface area contributed by atoms with Gasteiger partial charge in [0.05, 0.1) is 19.3 Å². The molecular formula is C17H27NO3. The van der Waals surface area contributed by atoms with E-state index in [1.807, 2.05) is 12.1 Å². The van der Waals surface area contributed by atoms with Crippen LogP contribution in [0.1, 0.15) is 55.5 Å². The number of nitrogens with two attached hydrogens (primary N) is 1. The number of unbranched alkanes of at least 4 members (excludes halogenated alkanes) is 1. The lowest BCUT2D eigenvalue weighted by Gasteiger charge is -2.16. The smallest absolute Gasteiger partial charge is 0.340 e. The summed E-state index contributed by atoms with van der Waals surface area (Å²) < 4.78 is 10.6. The number of carbonyl (C=O) groups is 1.